The van der Waals surface area contributed by atoms with Gasteiger partial charge in [-0.15, -0.1) is 0 Å². The lowest BCUT2D eigenvalue weighted by Crippen LogP contribution is -2.31. The standard InChI is InChI=1S/C14H25N3/c1-11(15-5)12-8-7-9-16-13(12)17(6)10-14(2,3)4/h7-9,11,15H,10H2,1-6H3. The van der Waals surface area contributed by atoms with E-state index in [-0.39, 0.29) is 5.41 Å². The molecule has 1 rings (SSSR count). The first-order valence-electron chi connectivity index (χ1n) is 6.18. The van der Waals surface area contributed by atoms with Crippen LogP contribution in [0.1, 0.15) is 39.3 Å². The van der Waals surface area contributed by atoms with E-state index in [0.29, 0.717) is 6.04 Å². The minimum atomic E-state index is 0.270. The monoisotopic (exact) mass is 235 g/mol. The van der Waals surface area contributed by atoms with Crippen molar-refractivity contribution in [3.05, 3.63) is 23.9 Å². The van der Waals surface area contributed by atoms with Crippen LogP contribution in [-0.2, 0) is 0 Å². The lowest BCUT2D eigenvalue weighted by molar-refractivity contribution is 0.417. The third-order valence-electron chi connectivity index (χ3n) is 2.79. The van der Waals surface area contributed by atoms with E-state index in [9.17, 15) is 0 Å². The average molecular weight is 235 g/mol. The molecule has 1 unspecified atom stereocenters. The van der Waals surface area contributed by atoms with Gasteiger partial charge in [-0.1, -0.05) is 26.8 Å². The normalized spacial score (nSPS) is 13.5. The number of rotatable bonds is 4. The molecule has 96 valence electrons. The highest BCUT2D eigenvalue weighted by atomic mass is 15.2. The van der Waals surface area contributed by atoms with Gasteiger partial charge in [-0.2, -0.15) is 0 Å². The third-order valence-corrected chi connectivity index (χ3v) is 2.79. The quantitative estimate of drug-likeness (QED) is 0.870. The zero-order valence-electron chi connectivity index (χ0n) is 11.9. The molecule has 0 aliphatic rings. The molecule has 0 bridgehead atoms. The number of anilines is 1. The maximum atomic E-state index is 4.52. The van der Waals surface area contributed by atoms with Gasteiger partial charge in [0, 0.05) is 31.4 Å². The van der Waals surface area contributed by atoms with Crippen molar-refractivity contribution in [2.24, 2.45) is 5.41 Å². The molecule has 0 saturated heterocycles. The fourth-order valence-electron chi connectivity index (χ4n) is 2.01. The molecule has 1 N–H and O–H groups in total. The Hall–Kier alpha value is -1.09. The number of aromatic nitrogens is 1. The number of nitrogens with one attached hydrogen (secondary N) is 1. The maximum absolute atomic E-state index is 4.52. The van der Waals surface area contributed by atoms with Gasteiger partial charge in [-0.25, -0.2) is 4.98 Å². The summed E-state index contributed by atoms with van der Waals surface area (Å²) in [5, 5.41) is 3.27. The van der Waals surface area contributed by atoms with Crippen LogP contribution < -0.4 is 10.2 Å². The lowest BCUT2D eigenvalue weighted by atomic mass is 9.96. The van der Waals surface area contributed by atoms with Crippen molar-refractivity contribution in [3.8, 4) is 0 Å². The molecular formula is C14H25N3. The van der Waals surface area contributed by atoms with Gasteiger partial charge < -0.3 is 10.2 Å². The first-order valence-corrected chi connectivity index (χ1v) is 6.18. The van der Waals surface area contributed by atoms with Gasteiger partial charge in [0.1, 0.15) is 5.82 Å². The van der Waals surface area contributed by atoms with Crippen LogP contribution in [0.3, 0.4) is 0 Å². The number of pyridine rings is 1. The summed E-state index contributed by atoms with van der Waals surface area (Å²) < 4.78 is 0. The van der Waals surface area contributed by atoms with Gasteiger partial charge in [0.15, 0.2) is 0 Å². The van der Waals surface area contributed by atoms with Crippen LogP contribution in [0.4, 0.5) is 5.82 Å². The molecule has 0 amide bonds. The average Bonchev–Trinajstić information content (AvgIpc) is 2.25. The highest BCUT2D eigenvalue weighted by Crippen LogP contribution is 2.25. The van der Waals surface area contributed by atoms with Gasteiger partial charge in [0.25, 0.3) is 0 Å². The Bertz CT molecular complexity index is 355. The van der Waals surface area contributed by atoms with E-state index in [2.05, 4.69) is 56.0 Å². The molecule has 0 saturated carbocycles. The first kappa shape index (κ1) is 14.0. The summed E-state index contributed by atoms with van der Waals surface area (Å²) in [5.41, 5.74) is 1.52. The molecule has 1 aromatic heterocycles. The molecule has 0 fully saturated rings. The molecule has 1 aromatic rings. The van der Waals surface area contributed by atoms with Crippen LogP contribution in [0.25, 0.3) is 0 Å². The van der Waals surface area contributed by atoms with E-state index in [1.54, 1.807) is 0 Å². The van der Waals surface area contributed by atoms with Gasteiger partial charge >= 0.3 is 0 Å². The molecule has 17 heavy (non-hydrogen) atoms. The molecule has 0 spiro atoms. The first-order chi connectivity index (χ1) is 7.85. The Balaban J connectivity index is 2.97. The fourth-order valence-corrected chi connectivity index (χ4v) is 2.01. The Labute approximate surface area is 105 Å². The smallest absolute Gasteiger partial charge is 0.133 e. The summed E-state index contributed by atoms with van der Waals surface area (Å²) in [5.74, 6) is 1.07. The number of nitrogens with zero attached hydrogens (tertiary/aromatic N) is 2. The highest BCUT2D eigenvalue weighted by Gasteiger charge is 2.18. The van der Waals surface area contributed by atoms with E-state index < -0.39 is 0 Å². The number of hydrogen-bond acceptors (Lipinski definition) is 3. The van der Waals surface area contributed by atoms with E-state index >= 15 is 0 Å². The molecule has 0 aromatic carbocycles. The molecule has 0 aliphatic heterocycles. The van der Waals surface area contributed by atoms with Crippen LogP contribution in [0, 0.1) is 5.41 Å². The Morgan fingerprint density at radius 1 is 1.41 bits per heavy atom. The summed E-state index contributed by atoms with van der Waals surface area (Å²) in [6, 6.07) is 4.46. The zero-order valence-corrected chi connectivity index (χ0v) is 11.9. The Morgan fingerprint density at radius 3 is 2.59 bits per heavy atom. The molecule has 0 radical (unpaired) electrons. The molecule has 1 heterocycles. The van der Waals surface area contributed by atoms with Gasteiger partial charge in [0.2, 0.25) is 0 Å². The van der Waals surface area contributed by atoms with Crippen LogP contribution in [0.15, 0.2) is 18.3 Å². The predicted molar refractivity (Wildman–Crippen MR) is 74.4 cm³/mol. The maximum Gasteiger partial charge on any atom is 0.133 e. The van der Waals surface area contributed by atoms with E-state index in [4.69, 9.17) is 0 Å². The van der Waals surface area contributed by atoms with Crippen molar-refractivity contribution in [2.75, 3.05) is 25.5 Å². The van der Waals surface area contributed by atoms with Gasteiger partial charge in [-0.3, -0.25) is 0 Å². The predicted octanol–water partition coefficient (Wildman–Crippen LogP) is 2.84. The minimum Gasteiger partial charge on any atom is -0.359 e. The fraction of sp³-hybridized carbons (Fsp3) is 0.643. The molecule has 1 atom stereocenters. The number of hydrogen-bond donors (Lipinski definition) is 1. The van der Waals surface area contributed by atoms with Crippen molar-refractivity contribution < 1.29 is 0 Å². The van der Waals surface area contributed by atoms with Crippen LogP contribution in [0.2, 0.25) is 0 Å². The summed E-state index contributed by atoms with van der Waals surface area (Å²) in [6.45, 7) is 9.88. The molecule has 0 aliphatic carbocycles. The van der Waals surface area contributed by atoms with Crippen molar-refractivity contribution in [1.82, 2.24) is 10.3 Å². The van der Waals surface area contributed by atoms with Crippen molar-refractivity contribution >= 4 is 5.82 Å². The SMILES string of the molecule is CNC(C)c1cccnc1N(C)CC(C)(C)C. The van der Waals surface area contributed by atoms with Gasteiger partial charge in [-0.05, 0) is 25.5 Å². The minimum absolute atomic E-state index is 0.270. The Kier molecular flexibility index (Phi) is 4.52. The van der Waals surface area contributed by atoms with Crippen molar-refractivity contribution in [1.29, 1.82) is 0 Å². The third kappa shape index (κ3) is 4.00. The molecule has 3 nitrogen and oxygen atoms in total. The van der Waals surface area contributed by atoms with E-state index in [1.807, 2.05) is 19.3 Å². The molecular weight excluding hydrogens is 210 g/mol. The zero-order chi connectivity index (χ0) is 13.1. The second-order valence-corrected chi connectivity index (χ2v) is 5.84. The second kappa shape index (κ2) is 5.50. The van der Waals surface area contributed by atoms with Crippen molar-refractivity contribution in [2.45, 2.75) is 33.7 Å². The van der Waals surface area contributed by atoms with Crippen molar-refractivity contribution in [3.63, 3.8) is 0 Å². The second-order valence-electron chi connectivity index (χ2n) is 5.84. The van der Waals surface area contributed by atoms with Crippen LogP contribution >= 0.6 is 0 Å². The van der Waals surface area contributed by atoms with Crippen LogP contribution in [-0.4, -0.2) is 25.6 Å². The lowest BCUT2D eigenvalue weighted by Gasteiger charge is -2.29. The topological polar surface area (TPSA) is 28.2 Å². The summed E-state index contributed by atoms with van der Waals surface area (Å²) in [4.78, 5) is 6.76. The summed E-state index contributed by atoms with van der Waals surface area (Å²) >= 11 is 0. The van der Waals surface area contributed by atoms with E-state index in [0.717, 1.165) is 12.4 Å². The van der Waals surface area contributed by atoms with Crippen LogP contribution in [0.5, 0.6) is 0 Å². The van der Waals surface area contributed by atoms with E-state index in [1.165, 1.54) is 5.56 Å². The largest absolute Gasteiger partial charge is 0.359 e. The highest BCUT2D eigenvalue weighted by molar-refractivity contribution is 5.47. The van der Waals surface area contributed by atoms with Gasteiger partial charge in [0.05, 0.1) is 0 Å². The summed E-state index contributed by atoms with van der Waals surface area (Å²) in [7, 11) is 4.09. The summed E-state index contributed by atoms with van der Waals surface area (Å²) in [6.07, 6.45) is 1.86. The molecule has 3 heteroatoms. The Morgan fingerprint density at radius 2 is 2.06 bits per heavy atom.